The molecule has 1 aromatic carbocycles. The van der Waals surface area contributed by atoms with Gasteiger partial charge in [0.1, 0.15) is 5.75 Å². The summed E-state index contributed by atoms with van der Waals surface area (Å²) < 4.78 is 5.67. The Bertz CT molecular complexity index is 509. The summed E-state index contributed by atoms with van der Waals surface area (Å²) in [5, 5.41) is 3.02. The first-order valence-corrected chi connectivity index (χ1v) is 6.74. The van der Waals surface area contributed by atoms with E-state index in [1.807, 2.05) is 19.1 Å². The van der Waals surface area contributed by atoms with Crippen molar-refractivity contribution >= 4 is 17.5 Å². The lowest BCUT2D eigenvalue weighted by Crippen LogP contribution is -2.36. The van der Waals surface area contributed by atoms with Crippen molar-refractivity contribution in [3.8, 4) is 18.1 Å². The van der Waals surface area contributed by atoms with Crippen LogP contribution in [0, 0.1) is 12.3 Å². The molecule has 4 nitrogen and oxygen atoms in total. The van der Waals surface area contributed by atoms with E-state index in [0.717, 1.165) is 5.56 Å². The summed E-state index contributed by atoms with van der Waals surface area (Å²) in [6.07, 6.45) is 5.03. The molecule has 0 bridgehead atoms. The summed E-state index contributed by atoms with van der Waals surface area (Å²) in [7, 11) is 0. The third-order valence-electron chi connectivity index (χ3n) is 2.62. The van der Waals surface area contributed by atoms with Gasteiger partial charge in [0.15, 0.2) is 6.10 Å². The molecule has 0 aromatic heterocycles. The quantitative estimate of drug-likeness (QED) is 0.786. The Balaban J connectivity index is 2.85. The highest BCUT2D eigenvalue weighted by Gasteiger charge is 2.18. The van der Waals surface area contributed by atoms with Crippen LogP contribution in [0.25, 0.3) is 0 Å². The molecule has 5 heteroatoms. The number of carbonyl (C=O) groups excluding carboxylic acids is 1. The van der Waals surface area contributed by atoms with Crippen molar-refractivity contribution in [3.63, 3.8) is 0 Å². The predicted octanol–water partition coefficient (Wildman–Crippen LogP) is 1.75. The fraction of sp³-hybridized carbons (Fsp3) is 0.400. The Hall–Kier alpha value is -1.70. The van der Waals surface area contributed by atoms with E-state index in [9.17, 15) is 4.79 Å². The lowest BCUT2D eigenvalue weighted by molar-refractivity contribution is -0.127. The maximum Gasteiger partial charge on any atom is 0.261 e. The van der Waals surface area contributed by atoms with Gasteiger partial charge in [-0.15, -0.1) is 6.42 Å². The van der Waals surface area contributed by atoms with Crippen LogP contribution in [0.5, 0.6) is 5.75 Å². The zero-order chi connectivity index (χ0) is 15.1. The van der Waals surface area contributed by atoms with Crippen molar-refractivity contribution < 1.29 is 9.53 Å². The van der Waals surface area contributed by atoms with Gasteiger partial charge in [0.2, 0.25) is 0 Å². The van der Waals surface area contributed by atoms with E-state index in [2.05, 4.69) is 11.2 Å². The maximum absolute atomic E-state index is 11.8. The Morgan fingerprint density at radius 2 is 2.25 bits per heavy atom. The smallest absolute Gasteiger partial charge is 0.261 e. The normalized spacial score (nSPS) is 13.2. The van der Waals surface area contributed by atoms with Gasteiger partial charge in [-0.2, -0.15) is 0 Å². The number of benzene rings is 1. The number of terminal acetylenes is 1. The molecule has 1 amide bonds. The standard InChI is InChI=1S/C15H19ClN2O2/c1-4-8-18-15(19)11(3)20-14-12(9-10(2)17)6-5-7-13(14)16/h1,5-7,10-11H,8-9,17H2,2-3H3,(H,18,19). The fourth-order valence-corrected chi connectivity index (χ4v) is 1.94. The van der Waals surface area contributed by atoms with Gasteiger partial charge in [-0.3, -0.25) is 4.79 Å². The first-order valence-electron chi connectivity index (χ1n) is 6.36. The van der Waals surface area contributed by atoms with E-state index in [1.165, 1.54) is 0 Å². The number of hydrogen-bond donors (Lipinski definition) is 2. The van der Waals surface area contributed by atoms with Crippen molar-refractivity contribution in [2.24, 2.45) is 5.73 Å². The van der Waals surface area contributed by atoms with Crippen LogP contribution in [-0.2, 0) is 11.2 Å². The van der Waals surface area contributed by atoms with Crippen LogP contribution in [0.4, 0.5) is 0 Å². The number of rotatable bonds is 6. The molecule has 20 heavy (non-hydrogen) atoms. The molecule has 1 rings (SSSR count). The molecule has 108 valence electrons. The molecule has 0 heterocycles. The number of para-hydroxylation sites is 1. The molecule has 0 saturated heterocycles. The van der Waals surface area contributed by atoms with Crippen molar-refractivity contribution in [1.29, 1.82) is 0 Å². The Morgan fingerprint density at radius 1 is 1.55 bits per heavy atom. The number of amides is 1. The molecule has 0 radical (unpaired) electrons. The second-order valence-corrected chi connectivity index (χ2v) is 5.00. The summed E-state index contributed by atoms with van der Waals surface area (Å²) in [4.78, 5) is 11.8. The monoisotopic (exact) mass is 294 g/mol. The van der Waals surface area contributed by atoms with E-state index >= 15 is 0 Å². The molecular formula is C15H19ClN2O2. The van der Waals surface area contributed by atoms with E-state index < -0.39 is 6.10 Å². The van der Waals surface area contributed by atoms with Gasteiger partial charge in [0.25, 0.3) is 5.91 Å². The Morgan fingerprint density at radius 3 is 2.85 bits per heavy atom. The number of ether oxygens (including phenoxy) is 1. The summed E-state index contributed by atoms with van der Waals surface area (Å²) in [6, 6.07) is 5.40. The van der Waals surface area contributed by atoms with Gasteiger partial charge in [-0.25, -0.2) is 0 Å². The predicted molar refractivity (Wildman–Crippen MR) is 80.7 cm³/mol. The molecular weight excluding hydrogens is 276 g/mol. The highest BCUT2D eigenvalue weighted by molar-refractivity contribution is 6.32. The molecule has 0 aliphatic rings. The number of nitrogens with one attached hydrogen (secondary N) is 1. The summed E-state index contributed by atoms with van der Waals surface area (Å²) >= 11 is 6.14. The summed E-state index contributed by atoms with van der Waals surface area (Å²) in [5.41, 5.74) is 6.68. The van der Waals surface area contributed by atoms with Crippen molar-refractivity contribution in [3.05, 3.63) is 28.8 Å². The fourth-order valence-electron chi connectivity index (χ4n) is 1.71. The molecule has 2 unspecified atom stereocenters. The van der Waals surface area contributed by atoms with Crippen LogP contribution in [0.3, 0.4) is 0 Å². The summed E-state index contributed by atoms with van der Waals surface area (Å²) in [6.45, 7) is 3.71. The molecule has 0 aliphatic carbocycles. The number of carbonyl (C=O) groups is 1. The third kappa shape index (κ3) is 4.76. The van der Waals surface area contributed by atoms with Crippen LogP contribution in [-0.4, -0.2) is 24.6 Å². The molecule has 0 saturated carbocycles. The second kappa shape index (κ2) is 7.78. The van der Waals surface area contributed by atoms with Crippen LogP contribution >= 0.6 is 11.6 Å². The second-order valence-electron chi connectivity index (χ2n) is 4.59. The van der Waals surface area contributed by atoms with Gasteiger partial charge in [0.05, 0.1) is 11.6 Å². The summed E-state index contributed by atoms with van der Waals surface area (Å²) in [5.74, 6) is 2.55. The third-order valence-corrected chi connectivity index (χ3v) is 2.92. The molecule has 0 fully saturated rings. The van der Waals surface area contributed by atoms with Crippen LogP contribution in [0.15, 0.2) is 18.2 Å². The molecule has 3 N–H and O–H groups in total. The van der Waals surface area contributed by atoms with Crippen molar-refractivity contribution in [1.82, 2.24) is 5.32 Å². The van der Waals surface area contributed by atoms with Gasteiger partial charge < -0.3 is 15.8 Å². The van der Waals surface area contributed by atoms with Crippen LogP contribution in [0.1, 0.15) is 19.4 Å². The highest BCUT2D eigenvalue weighted by Crippen LogP contribution is 2.30. The first kappa shape index (κ1) is 16.4. The Labute approximate surface area is 124 Å². The van der Waals surface area contributed by atoms with E-state index in [-0.39, 0.29) is 18.5 Å². The highest BCUT2D eigenvalue weighted by atomic mass is 35.5. The van der Waals surface area contributed by atoms with E-state index in [4.69, 9.17) is 28.5 Å². The molecule has 2 atom stereocenters. The lowest BCUT2D eigenvalue weighted by Gasteiger charge is -2.18. The van der Waals surface area contributed by atoms with E-state index in [0.29, 0.717) is 17.2 Å². The zero-order valence-electron chi connectivity index (χ0n) is 11.7. The zero-order valence-corrected chi connectivity index (χ0v) is 12.4. The molecule has 0 spiro atoms. The largest absolute Gasteiger partial charge is 0.479 e. The Kier molecular flexibility index (Phi) is 6.37. The molecule has 0 aliphatic heterocycles. The van der Waals surface area contributed by atoms with Gasteiger partial charge >= 0.3 is 0 Å². The van der Waals surface area contributed by atoms with Crippen molar-refractivity contribution in [2.75, 3.05) is 6.54 Å². The minimum atomic E-state index is -0.685. The van der Waals surface area contributed by atoms with E-state index in [1.54, 1.807) is 13.0 Å². The maximum atomic E-state index is 11.8. The van der Waals surface area contributed by atoms with Gasteiger partial charge in [-0.1, -0.05) is 29.7 Å². The average molecular weight is 295 g/mol. The lowest BCUT2D eigenvalue weighted by atomic mass is 10.1. The van der Waals surface area contributed by atoms with Crippen molar-refractivity contribution in [2.45, 2.75) is 32.4 Å². The van der Waals surface area contributed by atoms with Crippen LogP contribution < -0.4 is 15.8 Å². The minimum Gasteiger partial charge on any atom is -0.479 e. The minimum absolute atomic E-state index is 0.0265. The number of halogens is 1. The van der Waals surface area contributed by atoms with Gasteiger partial charge in [-0.05, 0) is 31.9 Å². The molecule has 1 aromatic rings. The average Bonchev–Trinajstić information content (AvgIpc) is 2.39. The topological polar surface area (TPSA) is 64.3 Å². The number of nitrogens with two attached hydrogens (primary N) is 1. The number of hydrogen-bond acceptors (Lipinski definition) is 3. The van der Waals surface area contributed by atoms with Crippen LogP contribution in [0.2, 0.25) is 5.02 Å². The van der Waals surface area contributed by atoms with Gasteiger partial charge in [0, 0.05) is 6.04 Å². The SMILES string of the molecule is C#CCNC(=O)C(C)Oc1c(Cl)cccc1CC(C)N. The first-order chi connectivity index (χ1) is 9.45.